The third-order valence-corrected chi connectivity index (χ3v) is 4.96. The minimum Gasteiger partial charge on any atom is -0.311 e. The highest BCUT2D eigenvalue weighted by Gasteiger charge is 2.42. The van der Waals surface area contributed by atoms with Gasteiger partial charge < -0.3 is 4.90 Å². The molecule has 1 fully saturated rings. The Hall–Kier alpha value is -2.73. The number of nitrogens with zero attached hydrogens (tertiary/aromatic N) is 2. The SMILES string of the molecule is CN1C(=O)/C(=C2/CC(=O)N(c3ccccc3)C2=O)c2cc(Br)ccc21. The zero-order valence-electron chi connectivity index (χ0n) is 13.3. The number of benzene rings is 2. The van der Waals surface area contributed by atoms with E-state index in [-0.39, 0.29) is 23.8 Å². The summed E-state index contributed by atoms with van der Waals surface area (Å²) in [4.78, 5) is 40.7. The second kappa shape index (κ2) is 5.67. The van der Waals surface area contributed by atoms with Crippen LogP contribution in [0.5, 0.6) is 0 Å². The Morgan fingerprint density at radius 1 is 0.960 bits per heavy atom. The number of amides is 3. The van der Waals surface area contributed by atoms with Crippen molar-refractivity contribution in [2.45, 2.75) is 6.42 Å². The number of para-hydroxylation sites is 1. The number of imide groups is 1. The van der Waals surface area contributed by atoms with Gasteiger partial charge in [-0.3, -0.25) is 14.4 Å². The zero-order valence-corrected chi connectivity index (χ0v) is 14.9. The number of hydrogen-bond donors (Lipinski definition) is 0. The second-order valence-electron chi connectivity index (χ2n) is 5.93. The monoisotopic (exact) mass is 396 g/mol. The minimum absolute atomic E-state index is 0.0748. The van der Waals surface area contributed by atoms with Crippen LogP contribution in [0.3, 0.4) is 0 Å². The number of fused-ring (bicyclic) bond motifs is 1. The predicted octanol–water partition coefficient (Wildman–Crippen LogP) is 3.14. The number of carbonyl (C=O) groups is 3. The van der Waals surface area contributed by atoms with Crippen molar-refractivity contribution in [2.24, 2.45) is 0 Å². The first kappa shape index (κ1) is 15.8. The van der Waals surface area contributed by atoms with Crippen LogP contribution in [0.15, 0.2) is 58.6 Å². The number of rotatable bonds is 1. The topological polar surface area (TPSA) is 57.7 Å². The molecule has 0 aromatic heterocycles. The summed E-state index contributed by atoms with van der Waals surface area (Å²) in [5.41, 5.74) is 2.49. The van der Waals surface area contributed by atoms with Crippen LogP contribution in [-0.2, 0) is 14.4 Å². The van der Waals surface area contributed by atoms with Crippen LogP contribution in [0.25, 0.3) is 5.57 Å². The van der Waals surface area contributed by atoms with Gasteiger partial charge >= 0.3 is 0 Å². The second-order valence-corrected chi connectivity index (χ2v) is 6.84. The Morgan fingerprint density at radius 3 is 2.40 bits per heavy atom. The van der Waals surface area contributed by atoms with Gasteiger partial charge in [0.1, 0.15) is 0 Å². The molecule has 0 spiro atoms. The molecule has 1 saturated heterocycles. The summed E-state index contributed by atoms with van der Waals surface area (Å²) in [7, 11) is 1.67. The van der Waals surface area contributed by atoms with E-state index >= 15 is 0 Å². The Kier molecular flexibility index (Phi) is 3.58. The standard InChI is InChI=1S/C19H13BrN2O3/c1-21-15-8-7-11(20)9-13(15)17(19(21)25)14-10-16(23)22(18(14)24)12-5-3-2-4-6-12/h2-9H,10H2,1H3/b17-14-. The maximum atomic E-state index is 12.9. The smallest absolute Gasteiger partial charge is 0.262 e. The molecule has 124 valence electrons. The molecule has 4 rings (SSSR count). The first-order valence-corrected chi connectivity index (χ1v) is 8.52. The molecular weight excluding hydrogens is 384 g/mol. The highest BCUT2D eigenvalue weighted by Crippen LogP contribution is 2.42. The Balaban J connectivity index is 1.88. The Morgan fingerprint density at radius 2 is 1.68 bits per heavy atom. The van der Waals surface area contributed by atoms with Crippen LogP contribution >= 0.6 is 15.9 Å². The molecule has 2 aliphatic rings. The van der Waals surface area contributed by atoms with Gasteiger partial charge in [-0.25, -0.2) is 4.90 Å². The normalized spacial score (nSPS) is 19.8. The van der Waals surface area contributed by atoms with Crippen LogP contribution in [0, 0.1) is 0 Å². The van der Waals surface area contributed by atoms with E-state index in [1.54, 1.807) is 31.3 Å². The summed E-state index contributed by atoms with van der Waals surface area (Å²) in [6, 6.07) is 14.2. The van der Waals surface area contributed by atoms with Crippen molar-refractivity contribution in [2.75, 3.05) is 16.8 Å². The predicted molar refractivity (Wildman–Crippen MR) is 98.0 cm³/mol. The average Bonchev–Trinajstić information content (AvgIpc) is 3.02. The van der Waals surface area contributed by atoms with Crippen molar-refractivity contribution in [3.8, 4) is 0 Å². The molecule has 0 atom stereocenters. The Bertz CT molecular complexity index is 966. The van der Waals surface area contributed by atoms with E-state index in [1.165, 1.54) is 4.90 Å². The van der Waals surface area contributed by atoms with Gasteiger partial charge in [0.2, 0.25) is 5.91 Å². The third-order valence-electron chi connectivity index (χ3n) is 4.46. The number of halogens is 1. The first-order chi connectivity index (χ1) is 12.0. The molecule has 2 heterocycles. The molecule has 5 nitrogen and oxygen atoms in total. The maximum absolute atomic E-state index is 12.9. The molecule has 2 aliphatic heterocycles. The molecule has 0 bridgehead atoms. The van der Waals surface area contributed by atoms with Crippen molar-refractivity contribution in [1.82, 2.24) is 0 Å². The fourth-order valence-corrected chi connectivity index (χ4v) is 3.63. The van der Waals surface area contributed by atoms with Crippen molar-refractivity contribution in [1.29, 1.82) is 0 Å². The first-order valence-electron chi connectivity index (χ1n) is 7.72. The molecule has 25 heavy (non-hydrogen) atoms. The fourth-order valence-electron chi connectivity index (χ4n) is 3.27. The molecule has 0 N–H and O–H groups in total. The average molecular weight is 397 g/mol. The fraction of sp³-hybridized carbons (Fsp3) is 0.105. The molecule has 0 radical (unpaired) electrons. The van der Waals surface area contributed by atoms with E-state index in [4.69, 9.17) is 0 Å². The highest BCUT2D eigenvalue weighted by molar-refractivity contribution is 9.10. The van der Waals surface area contributed by atoms with Crippen LogP contribution in [-0.4, -0.2) is 24.8 Å². The van der Waals surface area contributed by atoms with Crippen molar-refractivity contribution in [3.63, 3.8) is 0 Å². The van der Waals surface area contributed by atoms with Gasteiger partial charge in [0, 0.05) is 22.7 Å². The number of likely N-dealkylation sites (N-methyl/N-ethyl adjacent to an activating group) is 1. The van der Waals surface area contributed by atoms with Gasteiger partial charge in [0.05, 0.1) is 23.4 Å². The maximum Gasteiger partial charge on any atom is 0.262 e. The summed E-state index contributed by atoms with van der Waals surface area (Å²) < 4.78 is 0.809. The third kappa shape index (κ3) is 2.33. The van der Waals surface area contributed by atoms with Gasteiger partial charge in [-0.2, -0.15) is 0 Å². The van der Waals surface area contributed by atoms with E-state index in [0.717, 1.165) is 15.1 Å². The summed E-state index contributed by atoms with van der Waals surface area (Å²) in [5.74, 6) is -1.02. The zero-order chi connectivity index (χ0) is 17.7. The molecule has 2 aromatic rings. The summed E-state index contributed by atoms with van der Waals surface area (Å²) >= 11 is 3.40. The Labute approximate surface area is 152 Å². The van der Waals surface area contributed by atoms with Crippen LogP contribution in [0.4, 0.5) is 11.4 Å². The molecule has 0 saturated carbocycles. The minimum atomic E-state index is -0.430. The molecule has 0 aliphatic carbocycles. The van der Waals surface area contributed by atoms with Gasteiger partial charge in [-0.1, -0.05) is 34.1 Å². The van der Waals surface area contributed by atoms with Gasteiger partial charge in [-0.15, -0.1) is 0 Å². The van der Waals surface area contributed by atoms with E-state index in [9.17, 15) is 14.4 Å². The van der Waals surface area contributed by atoms with Crippen LogP contribution in [0.1, 0.15) is 12.0 Å². The van der Waals surface area contributed by atoms with Gasteiger partial charge in [-0.05, 0) is 30.3 Å². The van der Waals surface area contributed by atoms with Crippen LogP contribution < -0.4 is 9.80 Å². The lowest BCUT2D eigenvalue weighted by molar-refractivity contribution is -0.121. The van der Waals surface area contributed by atoms with Gasteiger partial charge in [0.15, 0.2) is 0 Å². The van der Waals surface area contributed by atoms with Crippen molar-refractivity contribution >= 4 is 50.6 Å². The number of hydrogen-bond acceptors (Lipinski definition) is 3. The summed E-state index contributed by atoms with van der Waals surface area (Å²) in [6.45, 7) is 0. The quantitative estimate of drug-likeness (QED) is 0.549. The molecule has 3 amide bonds. The molecule has 2 aromatic carbocycles. The molecular formula is C19H13BrN2O3. The lowest BCUT2D eigenvalue weighted by atomic mass is 10.00. The number of carbonyl (C=O) groups excluding carboxylic acids is 3. The van der Waals surface area contributed by atoms with E-state index in [2.05, 4.69) is 15.9 Å². The van der Waals surface area contributed by atoms with Gasteiger partial charge in [0.25, 0.3) is 11.8 Å². The van der Waals surface area contributed by atoms with Crippen molar-refractivity contribution < 1.29 is 14.4 Å². The van der Waals surface area contributed by atoms with E-state index < -0.39 is 5.91 Å². The summed E-state index contributed by atoms with van der Waals surface area (Å²) in [6.07, 6.45) is -0.0748. The largest absolute Gasteiger partial charge is 0.311 e. The van der Waals surface area contributed by atoms with E-state index in [0.29, 0.717) is 16.8 Å². The van der Waals surface area contributed by atoms with Crippen LogP contribution in [0.2, 0.25) is 0 Å². The van der Waals surface area contributed by atoms with E-state index in [1.807, 2.05) is 24.3 Å². The number of anilines is 2. The molecule has 0 unspecified atom stereocenters. The lowest BCUT2D eigenvalue weighted by Gasteiger charge is -2.13. The highest BCUT2D eigenvalue weighted by atomic mass is 79.9. The lowest BCUT2D eigenvalue weighted by Crippen LogP contribution is -2.29. The van der Waals surface area contributed by atoms with Crippen molar-refractivity contribution in [3.05, 3.63) is 64.1 Å². The summed E-state index contributed by atoms with van der Waals surface area (Å²) in [5, 5.41) is 0. The molecule has 6 heteroatoms.